The molecule has 3 rings (SSSR count). The average molecular weight is 375 g/mol. The molecule has 1 amide bonds. The Hall–Kier alpha value is -2.41. The molecule has 7 heteroatoms. The standard InChI is InChI=1S/C20H26FN3O3/c1-4-18(23-8-10-24(11-9-23)20(25)26-5-2)17-13-19(27-22-17)15-12-14(3)6-7-16(15)21/h6-7,12-13,18H,4-5,8-11H2,1-3H3. The van der Waals surface area contributed by atoms with E-state index in [1.165, 1.54) is 6.07 Å². The molecule has 0 saturated carbocycles. The van der Waals surface area contributed by atoms with Crippen molar-refractivity contribution in [3.05, 3.63) is 41.3 Å². The van der Waals surface area contributed by atoms with Gasteiger partial charge in [-0.25, -0.2) is 9.18 Å². The summed E-state index contributed by atoms with van der Waals surface area (Å²) in [6, 6.07) is 6.83. The highest BCUT2D eigenvalue weighted by Crippen LogP contribution is 2.30. The molecule has 1 aliphatic heterocycles. The van der Waals surface area contributed by atoms with Crippen molar-refractivity contribution in [3.8, 4) is 11.3 Å². The SMILES string of the molecule is CCOC(=O)N1CCN(C(CC)c2cc(-c3cc(C)ccc3F)on2)CC1. The quantitative estimate of drug-likeness (QED) is 0.790. The highest BCUT2D eigenvalue weighted by molar-refractivity contribution is 5.67. The molecule has 27 heavy (non-hydrogen) atoms. The first-order chi connectivity index (χ1) is 13.0. The Kier molecular flexibility index (Phi) is 6.11. The Morgan fingerprint density at radius 2 is 2.00 bits per heavy atom. The monoisotopic (exact) mass is 375 g/mol. The molecule has 0 radical (unpaired) electrons. The summed E-state index contributed by atoms with van der Waals surface area (Å²) in [5.41, 5.74) is 2.18. The summed E-state index contributed by atoms with van der Waals surface area (Å²) in [5.74, 6) is 0.120. The Labute approximate surface area is 158 Å². The van der Waals surface area contributed by atoms with Crippen LogP contribution in [0.2, 0.25) is 0 Å². The van der Waals surface area contributed by atoms with E-state index in [1.807, 2.05) is 13.0 Å². The number of benzene rings is 1. The summed E-state index contributed by atoms with van der Waals surface area (Å²) >= 11 is 0. The van der Waals surface area contributed by atoms with Gasteiger partial charge in [-0.15, -0.1) is 0 Å². The molecule has 1 aliphatic rings. The van der Waals surface area contributed by atoms with Gasteiger partial charge in [0.05, 0.1) is 18.2 Å². The van der Waals surface area contributed by atoms with Crippen LogP contribution in [0, 0.1) is 12.7 Å². The highest BCUT2D eigenvalue weighted by Gasteiger charge is 2.28. The van der Waals surface area contributed by atoms with Gasteiger partial charge < -0.3 is 14.2 Å². The number of piperazine rings is 1. The van der Waals surface area contributed by atoms with Gasteiger partial charge in [-0.3, -0.25) is 4.90 Å². The normalized spacial score (nSPS) is 16.4. The maximum absolute atomic E-state index is 14.1. The molecule has 0 N–H and O–H groups in total. The molecule has 1 aromatic carbocycles. The molecule has 0 spiro atoms. The number of carbonyl (C=O) groups is 1. The van der Waals surface area contributed by atoms with Crippen LogP contribution >= 0.6 is 0 Å². The van der Waals surface area contributed by atoms with Gasteiger partial charge in [0, 0.05) is 32.2 Å². The molecule has 1 saturated heterocycles. The van der Waals surface area contributed by atoms with E-state index in [0.29, 0.717) is 31.0 Å². The molecule has 1 atom stereocenters. The first-order valence-electron chi connectivity index (χ1n) is 9.42. The highest BCUT2D eigenvalue weighted by atomic mass is 19.1. The molecule has 0 bridgehead atoms. The molecule has 146 valence electrons. The van der Waals surface area contributed by atoms with E-state index in [-0.39, 0.29) is 18.0 Å². The smallest absolute Gasteiger partial charge is 0.409 e. The van der Waals surface area contributed by atoms with E-state index < -0.39 is 0 Å². The van der Waals surface area contributed by atoms with Crippen LogP contribution in [0.1, 0.15) is 37.6 Å². The third kappa shape index (κ3) is 4.30. The van der Waals surface area contributed by atoms with E-state index in [1.54, 1.807) is 24.0 Å². The Morgan fingerprint density at radius 1 is 1.26 bits per heavy atom. The number of hydrogen-bond acceptors (Lipinski definition) is 5. The van der Waals surface area contributed by atoms with E-state index in [9.17, 15) is 9.18 Å². The largest absolute Gasteiger partial charge is 0.450 e. The number of nitrogens with zero attached hydrogens (tertiary/aromatic N) is 3. The number of amides is 1. The number of halogens is 1. The number of ether oxygens (including phenoxy) is 1. The van der Waals surface area contributed by atoms with Gasteiger partial charge in [-0.05, 0) is 32.4 Å². The number of hydrogen-bond donors (Lipinski definition) is 0. The van der Waals surface area contributed by atoms with Gasteiger partial charge in [0.15, 0.2) is 5.76 Å². The van der Waals surface area contributed by atoms with Gasteiger partial charge in [0.2, 0.25) is 0 Å². The van der Waals surface area contributed by atoms with Gasteiger partial charge in [0.25, 0.3) is 0 Å². The molecule has 1 fully saturated rings. The van der Waals surface area contributed by atoms with Crippen molar-refractivity contribution >= 4 is 6.09 Å². The van der Waals surface area contributed by atoms with Crippen molar-refractivity contribution < 1.29 is 18.4 Å². The summed E-state index contributed by atoms with van der Waals surface area (Å²) in [6.45, 7) is 8.90. The predicted octanol–water partition coefficient (Wildman–Crippen LogP) is 4.01. The lowest BCUT2D eigenvalue weighted by Crippen LogP contribution is -2.49. The van der Waals surface area contributed by atoms with Crippen molar-refractivity contribution in [1.29, 1.82) is 0 Å². The maximum Gasteiger partial charge on any atom is 0.409 e. The van der Waals surface area contributed by atoms with Crippen molar-refractivity contribution in [2.75, 3.05) is 32.8 Å². The first kappa shape index (κ1) is 19.4. The third-order valence-electron chi connectivity index (χ3n) is 4.92. The molecular formula is C20H26FN3O3. The summed E-state index contributed by atoms with van der Waals surface area (Å²) in [6.07, 6.45) is 0.589. The van der Waals surface area contributed by atoms with Crippen LogP contribution in [0.5, 0.6) is 0 Å². The number of aromatic nitrogens is 1. The van der Waals surface area contributed by atoms with E-state index in [2.05, 4.69) is 17.0 Å². The predicted molar refractivity (Wildman–Crippen MR) is 99.8 cm³/mol. The summed E-state index contributed by atoms with van der Waals surface area (Å²) in [4.78, 5) is 15.9. The second-order valence-corrected chi connectivity index (χ2v) is 6.75. The topological polar surface area (TPSA) is 58.8 Å². The second kappa shape index (κ2) is 8.52. The molecule has 2 heterocycles. The first-order valence-corrected chi connectivity index (χ1v) is 9.42. The molecule has 1 aromatic heterocycles. The van der Waals surface area contributed by atoms with Crippen molar-refractivity contribution in [2.45, 2.75) is 33.2 Å². The van der Waals surface area contributed by atoms with Crippen LogP contribution < -0.4 is 0 Å². The van der Waals surface area contributed by atoms with Crippen LogP contribution in [-0.2, 0) is 4.74 Å². The summed E-state index contributed by atoms with van der Waals surface area (Å²) in [5, 5.41) is 4.20. The molecule has 0 aliphatic carbocycles. The lowest BCUT2D eigenvalue weighted by Gasteiger charge is -2.37. The zero-order valence-electron chi connectivity index (χ0n) is 16.1. The number of rotatable bonds is 5. The minimum atomic E-state index is -0.320. The van der Waals surface area contributed by atoms with E-state index in [0.717, 1.165) is 30.8 Å². The van der Waals surface area contributed by atoms with Crippen LogP contribution in [0.15, 0.2) is 28.8 Å². The van der Waals surface area contributed by atoms with Crippen molar-refractivity contribution in [2.24, 2.45) is 0 Å². The Balaban J connectivity index is 1.71. The van der Waals surface area contributed by atoms with Crippen LogP contribution in [0.4, 0.5) is 9.18 Å². The number of carbonyl (C=O) groups excluding carboxylic acids is 1. The zero-order valence-corrected chi connectivity index (χ0v) is 16.1. The molecule has 2 aromatic rings. The van der Waals surface area contributed by atoms with Gasteiger partial charge in [-0.1, -0.05) is 23.7 Å². The Morgan fingerprint density at radius 3 is 2.67 bits per heavy atom. The van der Waals surface area contributed by atoms with Crippen molar-refractivity contribution in [1.82, 2.24) is 15.0 Å². The molecule has 6 nitrogen and oxygen atoms in total. The van der Waals surface area contributed by atoms with Crippen molar-refractivity contribution in [3.63, 3.8) is 0 Å². The fourth-order valence-electron chi connectivity index (χ4n) is 3.49. The number of aryl methyl sites for hydroxylation is 1. The Bertz CT molecular complexity index is 785. The fraction of sp³-hybridized carbons (Fsp3) is 0.500. The van der Waals surface area contributed by atoms with Crippen LogP contribution in [0.25, 0.3) is 11.3 Å². The minimum Gasteiger partial charge on any atom is -0.450 e. The van der Waals surface area contributed by atoms with Gasteiger partial charge >= 0.3 is 6.09 Å². The maximum atomic E-state index is 14.1. The van der Waals surface area contributed by atoms with E-state index in [4.69, 9.17) is 9.26 Å². The molecular weight excluding hydrogens is 349 g/mol. The average Bonchev–Trinajstić information content (AvgIpc) is 3.14. The summed E-state index contributed by atoms with van der Waals surface area (Å²) in [7, 11) is 0. The third-order valence-corrected chi connectivity index (χ3v) is 4.92. The molecule has 1 unspecified atom stereocenters. The van der Waals surface area contributed by atoms with Gasteiger partial charge in [0.1, 0.15) is 11.5 Å². The van der Waals surface area contributed by atoms with E-state index >= 15 is 0 Å². The second-order valence-electron chi connectivity index (χ2n) is 6.75. The van der Waals surface area contributed by atoms with Crippen LogP contribution in [-0.4, -0.2) is 53.8 Å². The summed E-state index contributed by atoms with van der Waals surface area (Å²) < 4.78 is 24.7. The fourth-order valence-corrected chi connectivity index (χ4v) is 3.49. The lowest BCUT2D eigenvalue weighted by atomic mass is 10.0. The van der Waals surface area contributed by atoms with Gasteiger partial charge in [-0.2, -0.15) is 0 Å². The minimum absolute atomic E-state index is 0.0692. The van der Waals surface area contributed by atoms with Crippen LogP contribution in [0.3, 0.4) is 0 Å². The lowest BCUT2D eigenvalue weighted by molar-refractivity contribution is 0.0636. The zero-order chi connectivity index (χ0) is 19.4.